The Hall–Kier alpha value is -0.157. The average molecular weight is 375 g/mol. The van der Waals surface area contributed by atoms with Crippen LogP contribution in [0.4, 0.5) is 0 Å². The summed E-state index contributed by atoms with van der Waals surface area (Å²) in [5, 5.41) is 0. The molecule has 0 amide bonds. The molecule has 4 rings (SSSR count). The van der Waals surface area contributed by atoms with Crippen LogP contribution >= 0.6 is 0 Å². The van der Waals surface area contributed by atoms with Gasteiger partial charge in [-0.2, -0.15) is 0 Å². The van der Waals surface area contributed by atoms with Gasteiger partial charge in [-0.25, -0.2) is 0 Å². The van der Waals surface area contributed by atoms with Crippen molar-refractivity contribution in [2.75, 3.05) is 0 Å². The van der Waals surface area contributed by atoms with Crippen LogP contribution < -0.4 is 0 Å². The Bertz CT molecular complexity index is 546. The molecule has 0 radical (unpaired) electrons. The fraction of sp³-hybridized carbons (Fsp3) is 0.619. The van der Waals surface area contributed by atoms with E-state index >= 15 is 0 Å². The van der Waals surface area contributed by atoms with E-state index in [1.807, 2.05) is 3.28 Å². The van der Waals surface area contributed by atoms with E-state index in [9.17, 15) is 0 Å². The molecule has 4 aliphatic carbocycles. The average Bonchev–Trinajstić information content (AvgIpc) is 3.15. The third-order valence-electron chi connectivity index (χ3n) is 6.62. The largest absolute Gasteiger partial charge is 1.00 e. The molecular weight excluding hydrogens is 343 g/mol. The van der Waals surface area contributed by atoms with Gasteiger partial charge in [0.1, 0.15) is 0 Å². The van der Waals surface area contributed by atoms with Gasteiger partial charge >= 0.3 is 144 Å². The van der Waals surface area contributed by atoms with E-state index in [4.69, 9.17) is 0 Å². The first-order valence-corrected chi connectivity index (χ1v) is 13.4. The maximum absolute atomic E-state index is 2.55. The van der Waals surface area contributed by atoms with Crippen molar-refractivity contribution in [2.45, 2.75) is 53.2 Å². The molecule has 0 aromatic rings. The van der Waals surface area contributed by atoms with Crippen LogP contribution in [0, 0.1) is 23.7 Å². The third-order valence-corrected chi connectivity index (χ3v) is 16.1. The molecule has 0 spiro atoms. The Balaban J connectivity index is 0.00000104. The predicted octanol–water partition coefficient (Wildman–Crippen LogP) is 6.47. The van der Waals surface area contributed by atoms with E-state index in [0.717, 1.165) is 30.9 Å². The van der Waals surface area contributed by atoms with E-state index in [2.05, 4.69) is 56.4 Å². The summed E-state index contributed by atoms with van der Waals surface area (Å²) in [4.78, 5) is 0. The molecule has 0 N–H and O–H groups in total. The van der Waals surface area contributed by atoms with Crippen LogP contribution in [0.3, 0.4) is 0 Å². The minimum atomic E-state index is -1.50. The van der Waals surface area contributed by atoms with Gasteiger partial charge in [0.2, 0.25) is 0 Å². The maximum Gasteiger partial charge on any atom is -1.00 e. The van der Waals surface area contributed by atoms with Crippen LogP contribution in [-0.2, 0) is 21.8 Å². The first-order valence-electron chi connectivity index (χ1n) is 9.33. The van der Waals surface area contributed by atoms with Crippen LogP contribution in [0.5, 0.6) is 0 Å². The molecule has 2 saturated carbocycles. The van der Waals surface area contributed by atoms with Crippen molar-refractivity contribution in [2.24, 2.45) is 23.7 Å². The molecule has 1 heteroatoms. The Labute approximate surface area is 147 Å². The van der Waals surface area contributed by atoms with Crippen LogP contribution in [0.2, 0.25) is 7.25 Å². The fourth-order valence-electron chi connectivity index (χ4n) is 5.88. The summed E-state index contributed by atoms with van der Waals surface area (Å²) in [6.07, 6.45) is 24.3. The van der Waals surface area contributed by atoms with E-state index in [1.165, 1.54) is 25.7 Å². The summed E-state index contributed by atoms with van der Waals surface area (Å²) < 4.78 is 4.02. The number of hydrogen-bond donors (Lipinski definition) is 0. The van der Waals surface area contributed by atoms with Crippen LogP contribution in [-0.4, -0.2) is 0 Å². The summed E-state index contributed by atoms with van der Waals surface area (Å²) in [5.41, 5.74) is 0. The molecule has 119 valence electrons. The molecule has 5 unspecified atom stereocenters. The maximum atomic E-state index is 2.55. The van der Waals surface area contributed by atoms with E-state index in [1.54, 1.807) is 6.42 Å². The van der Waals surface area contributed by atoms with Crippen molar-refractivity contribution in [1.29, 1.82) is 0 Å². The molecule has 0 nitrogen and oxygen atoms in total. The van der Waals surface area contributed by atoms with Crippen LogP contribution in [0.1, 0.15) is 48.8 Å². The smallest absolute Gasteiger partial charge is 1.00 e. The second-order valence-corrected chi connectivity index (χ2v) is 16.5. The first-order chi connectivity index (χ1) is 10.8. The van der Waals surface area contributed by atoms with Gasteiger partial charge in [-0.15, -0.1) is 0 Å². The first kappa shape index (κ1) is 15.4. The summed E-state index contributed by atoms with van der Waals surface area (Å²) in [6.45, 7) is 5.08. The van der Waals surface area contributed by atoms with E-state index in [-0.39, 0.29) is 2.85 Å². The van der Waals surface area contributed by atoms with Gasteiger partial charge in [0.25, 0.3) is 0 Å². The van der Waals surface area contributed by atoms with E-state index < -0.39 is 21.8 Å². The molecule has 0 bridgehead atoms. The second-order valence-electron chi connectivity index (χ2n) is 8.05. The summed E-state index contributed by atoms with van der Waals surface area (Å²) >= 11 is -1.50. The molecule has 0 aromatic heterocycles. The van der Waals surface area contributed by atoms with Gasteiger partial charge in [-0.3, -0.25) is 0 Å². The predicted molar refractivity (Wildman–Crippen MR) is 93.6 cm³/mol. The molecule has 22 heavy (non-hydrogen) atoms. The third kappa shape index (κ3) is 2.62. The van der Waals surface area contributed by atoms with Crippen molar-refractivity contribution in [1.82, 2.24) is 0 Å². The van der Waals surface area contributed by atoms with Gasteiger partial charge in [-0.1, -0.05) is 0 Å². The molecule has 5 atom stereocenters. The van der Waals surface area contributed by atoms with Crippen molar-refractivity contribution in [3.05, 3.63) is 45.8 Å². The number of fused-ring (bicyclic) bond motifs is 3. The number of allylic oxidation sites excluding steroid dienone is 8. The quantitative estimate of drug-likeness (QED) is 0.531. The zero-order chi connectivity index (χ0) is 15.1. The minimum Gasteiger partial charge on any atom is -1.00 e. The van der Waals surface area contributed by atoms with Gasteiger partial charge in [-0.05, 0) is 0 Å². The number of hydrogen-bond acceptors (Lipinski definition) is 0. The van der Waals surface area contributed by atoms with Gasteiger partial charge in [0, 0.05) is 0 Å². The zero-order valence-corrected chi connectivity index (χ0v) is 16.5. The Morgan fingerprint density at radius 1 is 1.09 bits per heavy atom. The minimum absolute atomic E-state index is 0. The second kappa shape index (κ2) is 6.39. The van der Waals surface area contributed by atoms with Crippen LogP contribution in [0.25, 0.3) is 0 Å². The summed E-state index contributed by atoms with van der Waals surface area (Å²) in [7, 11) is 0. The molecule has 2 fully saturated rings. The monoisotopic (exact) mass is 373 g/mol. The van der Waals surface area contributed by atoms with Gasteiger partial charge in [0.15, 0.2) is 0 Å². The molecule has 4 aliphatic rings. The van der Waals surface area contributed by atoms with Crippen molar-refractivity contribution in [3.8, 4) is 0 Å². The molecule has 0 aromatic carbocycles. The fourth-order valence-corrected chi connectivity index (χ4v) is 15.9. The Kier molecular flexibility index (Phi) is 4.46. The topological polar surface area (TPSA) is 0 Å². The molecular formula is C21H31Zr. The van der Waals surface area contributed by atoms with Crippen molar-refractivity contribution < 1.29 is 24.6 Å². The van der Waals surface area contributed by atoms with Crippen molar-refractivity contribution >= 4 is 0 Å². The van der Waals surface area contributed by atoms with Crippen LogP contribution in [0.15, 0.2) is 45.8 Å². The normalized spacial score (nSPS) is 39.0. The summed E-state index contributed by atoms with van der Waals surface area (Å²) in [6, 6.07) is 0. The summed E-state index contributed by atoms with van der Waals surface area (Å²) in [5.74, 6) is 3.81. The van der Waals surface area contributed by atoms with E-state index in [0.29, 0.717) is 0 Å². The standard InChI is InChI=1S/C13H17.C5H5.C3H7.Zr.2H/c1-3-7-12-10(5-1)9-11-6-2-4-8-13(11)12;1-2-4-5-3-1;1-3-2;;;/h1,3,5-7,10-13H,2,4,8-9H2;1-3H,4H2;3H,1-2H3;;;/q;;;+2;2*-1. The Morgan fingerprint density at radius 2 is 1.95 bits per heavy atom. The molecule has 0 heterocycles. The van der Waals surface area contributed by atoms with Crippen molar-refractivity contribution in [3.63, 3.8) is 0 Å². The van der Waals surface area contributed by atoms with Gasteiger partial charge < -0.3 is 2.85 Å². The molecule has 0 saturated heterocycles. The Morgan fingerprint density at radius 3 is 2.73 bits per heavy atom. The van der Waals surface area contributed by atoms with Gasteiger partial charge in [0.05, 0.1) is 0 Å². The SMILES string of the molecule is C[CH](C)[Zr+2]([C]1=CC=CC1)[CH]1CCCC2C3C=CC=CC3CC21.[H-].[H-]. The number of rotatable bonds is 3. The zero-order valence-electron chi connectivity index (χ0n) is 16.0. The molecule has 0 aliphatic heterocycles.